The van der Waals surface area contributed by atoms with E-state index >= 15 is 0 Å². The second-order valence-corrected chi connectivity index (χ2v) is 9.72. The largest absolute Gasteiger partial charge is 0.417 e. The molecular weight excluding hydrogens is 458 g/mol. The van der Waals surface area contributed by atoms with E-state index in [9.17, 15) is 4.79 Å². The summed E-state index contributed by atoms with van der Waals surface area (Å²) in [6, 6.07) is 16.6. The van der Waals surface area contributed by atoms with Gasteiger partial charge in [-0.3, -0.25) is 15.3 Å². The summed E-state index contributed by atoms with van der Waals surface area (Å²) in [5.41, 5.74) is 5.51. The molecule has 2 aromatic heterocycles. The van der Waals surface area contributed by atoms with Crippen molar-refractivity contribution in [3.8, 4) is 5.06 Å². The number of aromatic amines is 1. The number of carbonyl (C=O) groups is 1. The van der Waals surface area contributed by atoms with Crippen molar-refractivity contribution in [2.24, 2.45) is 0 Å². The molecule has 4 aromatic rings. The molecule has 0 radical (unpaired) electrons. The van der Waals surface area contributed by atoms with Gasteiger partial charge in [-0.05, 0) is 54.6 Å². The lowest BCUT2D eigenvalue weighted by atomic mass is 10.1. The van der Waals surface area contributed by atoms with Gasteiger partial charge in [0.15, 0.2) is 5.06 Å². The fourth-order valence-electron chi connectivity index (χ4n) is 4.27. The lowest BCUT2D eigenvalue weighted by Crippen LogP contribution is -2.49. The van der Waals surface area contributed by atoms with Gasteiger partial charge in [0.1, 0.15) is 0 Å². The highest BCUT2D eigenvalue weighted by Gasteiger charge is 2.19. The molecule has 1 aliphatic heterocycles. The van der Waals surface area contributed by atoms with Crippen LogP contribution < -0.4 is 15.4 Å². The number of hydrogen-bond acceptors (Lipinski definition) is 6. The molecule has 0 unspecified atom stereocenters. The minimum atomic E-state index is -0.497. The third-order valence-electron chi connectivity index (χ3n) is 6.30. The molecule has 1 amide bonds. The summed E-state index contributed by atoms with van der Waals surface area (Å²) in [5.74, 6) is 0. The molecule has 1 saturated heterocycles. The number of benzene rings is 2. The number of para-hydroxylation sites is 1. The minimum absolute atomic E-state index is 0.458. The molecule has 2 aromatic carbocycles. The van der Waals surface area contributed by atoms with Crippen molar-refractivity contribution in [2.75, 3.05) is 25.0 Å². The van der Waals surface area contributed by atoms with Crippen LogP contribution in [-0.4, -0.2) is 46.9 Å². The van der Waals surface area contributed by atoms with Crippen molar-refractivity contribution < 1.29 is 9.53 Å². The highest BCUT2D eigenvalue weighted by atomic mass is 32.1. The van der Waals surface area contributed by atoms with E-state index in [1.165, 1.54) is 11.3 Å². The van der Waals surface area contributed by atoms with Crippen LogP contribution in [0.4, 0.5) is 10.5 Å². The number of anilines is 1. The SMILES string of the molecule is Cc1ccsc1OC(=O)Nc1cc(CN2CCNC[C@@H]2C)ccc1/C=C/c1n[nH]c2ccccc12. The first-order valence-corrected chi connectivity index (χ1v) is 12.7. The normalized spacial score (nSPS) is 16.7. The van der Waals surface area contributed by atoms with E-state index in [0.717, 1.165) is 59.5 Å². The Morgan fingerprint density at radius 1 is 1.26 bits per heavy atom. The zero-order chi connectivity index (χ0) is 24.2. The summed E-state index contributed by atoms with van der Waals surface area (Å²) in [6.45, 7) is 7.95. The zero-order valence-electron chi connectivity index (χ0n) is 19.9. The quantitative estimate of drug-likeness (QED) is 0.334. The topological polar surface area (TPSA) is 82.3 Å². The van der Waals surface area contributed by atoms with Crippen LogP contribution in [0.25, 0.3) is 23.1 Å². The number of hydrogen-bond donors (Lipinski definition) is 3. The second kappa shape index (κ2) is 10.4. The van der Waals surface area contributed by atoms with Crippen molar-refractivity contribution in [3.63, 3.8) is 0 Å². The number of nitrogens with one attached hydrogen (secondary N) is 3. The number of ether oxygens (including phenoxy) is 1. The molecule has 1 aliphatic rings. The number of aromatic nitrogens is 2. The number of aryl methyl sites for hydroxylation is 1. The lowest BCUT2D eigenvalue weighted by molar-refractivity contribution is 0.165. The maximum absolute atomic E-state index is 12.8. The Labute approximate surface area is 208 Å². The van der Waals surface area contributed by atoms with Gasteiger partial charge in [-0.25, -0.2) is 4.79 Å². The van der Waals surface area contributed by atoms with E-state index in [1.54, 1.807) is 0 Å². The molecular formula is C27H29N5O2S. The molecule has 1 atom stereocenters. The summed E-state index contributed by atoms with van der Waals surface area (Å²) in [5, 5.41) is 17.5. The maximum atomic E-state index is 12.8. The van der Waals surface area contributed by atoms with Gasteiger partial charge in [0, 0.05) is 43.2 Å². The Hall–Kier alpha value is -3.46. The average molecular weight is 488 g/mol. The van der Waals surface area contributed by atoms with Gasteiger partial charge in [-0.15, -0.1) is 11.3 Å². The molecule has 35 heavy (non-hydrogen) atoms. The molecule has 7 nitrogen and oxygen atoms in total. The predicted octanol–water partition coefficient (Wildman–Crippen LogP) is 5.51. The van der Waals surface area contributed by atoms with Crippen LogP contribution in [0, 0.1) is 6.92 Å². The Morgan fingerprint density at radius 2 is 2.14 bits per heavy atom. The van der Waals surface area contributed by atoms with Crippen molar-refractivity contribution in [1.82, 2.24) is 20.4 Å². The molecule has 0 spiro atoms. The molecule has 0 saturated carbocycles. The molecule has 5 rings (SSSR count). The highest BCUT2D eigenvalue weighted by Crippen LogP contribution is 2.27. The van der Waals surface area contributed by atoms with Gasteiger partial charge in [0.2, 0.25) is 0 Å². The van der Waals surface area contributed by atoms with Crippen molar-refractivity contribution in [2.45, 2.75) is 26.4 Å². The Bertz CT molecular complexity index is 1360. The molecule has 1 fully saturated rings. The summed E-state index contributed by atoms with van der Waals surface area (Å²) in [4.78, 5) is 15.2. The van der Waals surface area contributed by atoms with Crippen molar-refractivity contribution in [3.05, 3.63) is 76.3 Å². The number of carbonyl (C=O) groups excluding carboxylic acids is 1. The molecule has 0 bridgehead atoms. The predicted molar refractivity (Wildman–Crippen MR) is 143 cm³/mol. The van der Waals surface area contributed by atoms with Gasteiger partial charge >= 0.3 is 6.09 Å². The Morgan fingerprint density at radius 3 is 2.97 bits per heavy atom. The number of H-pyrrole nitrogens is 1. The molecule has 3 heterocycles. The summed E-state index contributed by atoms with van der Waals surface area (Å²) in [6.07, 6.45) is 3.45. The fourth-order valence-corrected chi connectivity index (χ4v) is 5.04. The van der Waals surface area contributed by atoms with E-state index in [0.29, 0.717) is 16.8 Å². The van der Waals surface area contributed by atoms with Crippen LogP contribution in [0.5, 0.6) is 5.06 Å². The number of piperazine rings is 1. The van der Waals surface area contributed by atoms with Gasteiger partial charge in [-0.2, -0.15) is 5.10 Å². The molecule has 3 N–H and O–H groups in total. The van der Waals surface area contributed by atoms with E-state index in [1.807, 2.05) is 66.9 Å². The Balaban J connectivity index is 1.41. The monoisotopic (exact) mass is 487 g/mol. The summed E-state index contributed by atoms with van der Waals surface area (Å²) >= 11 is 1.41. The first kappa shape index (κ1) is 23.3. The van der Waals surface area contributed by atoms with E-state index in [4.69, 9.17) is 4.74 Å². The third kappa shape index (κ3) is 5.45. The number of fused-ring (bicyclic) bond motifs is 1. The number of amides is 1. The molecule has 0 aliphatic carbocycles. The van der Waals surface area contributed by atoms with Crippen LogP contribution in [-0.2, 0) is 6.54 Å². The van der Waals surface area contributed by atoms with E-state index in [2.05, 4.69) is 38.7 Å². The zero-order valence-corrected chi connectivity index (χ0v) is 20.7. The van der Waals surface area contributed by atoms with Crippen LogP contribution in [0.3, 0.4) is 0 Å². The third-order valence-corrected chi connectivity index (χ3v) is 7.19. The first-order valence-electron chi connectivity index (χ1n) is 11.8. The van der Waals surface area contributed by atoms with Gasteiger partial charge in [0.05, 0.1) is 16.9 Å². The van der Waals surface area contributed by atoms with Crippen LogP contribution >= 0.6 is 11.3 Å². The smallest absolute Gasteiger partial charge is 0.399 e. The molecule has 8 heteroatoms. The number of rotatable bonds is 6. The lowest BCUT2D eigenvalue weighted by Gasteiger charge is -2.34. The summed E-state index contributed by atoms with van der Waals surface area (Å²) in [7, 11) is 0. The second-order valence-electron chi connectivity index (χ2n) is 8.84. The van der Waals surface area contributed by atoms with Crippen LogP contribution in [0.2, 0.25) is 0 Å². The van der Waals surface area contributed by atoms with Crippen molar-refractivity contribution >= 4 is 46.2 Å². The molecule has 180 valence electrons. The van der Waals surface area contributed by atoms with Gasteiger partial charge in [-0.1, -0.05) is 36.4 Å². The Kier molecular flexibility index (Phi) is 6.94. The van der Waals surface area contributed by atoms with Gasteiger partial charge in [0.25, 0.3) is 0 Å². The van der Waals surface area contributed by atoms with E-state index < -0.39 is 6.09 Å². The van der Waals surface area contributed by atoms with E-state index in [-0.39, 0.29) is 0 Å². The summed E-state index contributed by atoms with van der Waals surface area (Å²) < 4.78 is 5.57. The number of thiophene rings is 1. The maximum Gasteiger partial charge on any atom is 0.417 e. The first-order chi connectivity index (χ1) is 17.1. The van der Waals surface area contributed by atoms with Gasteiger partial charge < -0.3 is 10.1 Å². The number of nitrogens with zero attached hydrogens (tertiary/aromatic N) is 2. The fraction of sp³-hybridized carbons (Fsp3) is 0.259. The van der Waals surface area contributed by atoms with Crippen LogP contribution in [0.15, 0.2) is 53.9 Å². The average Bonchev–Trinajstić information content (AvgIpc) is 3.46. The minimum Gasteiger partial charge on any atom is -0.399 e. The highest BCUT2D eigenvalue weighted by molar-refractivity contribution is 7.12. The standard InChI is InChI=1S/C27H29N5O2S/c1-18-11-14-35-26(18)34-27(33)29-25-15-20(17-32-13-12-28-16-19(32)2)7-8-21(25)9-10-24-22-5-3-4-6-23(22)30-31-24/h3-11,14-15,19,28H,12-13,16-17H2,1-2H3,(H,29,33)(H,30,31)/b10-9+/t19-/m0/s1. The van der Waals surface area contributed by atoms with Crippen molar-refractivity contribution in [1.29, 1.82) is 0 Å². The van der Waals surface area contributed by atoms with Crippen LogP contribution in [0.1, 0.15) is 29.3 Å².